The maximum atomic E-state index is 11.9. The number of aromatic nitrogens is 1. The summed E-state index contributed by atoms with van der Waals surface area (Å²) in [6, 6.07) is 4.21. The summed E-state index contributed by atoms with van der Waals surface area (Å²) in [7, 11) is 0. The highest BCUT2D eigenvalue weighted by atomic mass is 16.5. The molecule has 19 heavy (non-hydrogen) atoms. The molecule has 0 bridgehead atoms. The van der Waals surface area contributed by atoms with Gasteiger partial charge in [-0.3, -0.25) is 0 Å². The zero-order chi connectivity index (χ0) is 14.5. The molecule has 0 aliphatic carbocycles. The van der Waals surface area contributed by atoms with Crippen LogP contribution in [-0.4, -0.2) is 17.1 Å². The van der Waals surface area contributed by atoms with E-state index in [4.69, 9.17) is 10.00 Å². The van der Waals surface area contributed by atoms with Crippen molar-refractivity contribution in [3.8, 4) is 6.07 Å². The van der Waals surface area contributed by atoms with E-state index in [1.807, 2.05) is 37.6 Å². The third-order valence-corrected chi connectivity index (χ3v) is 3.14. The van der Waals surface area contributed by atoms with E-state index in [2.05, 4.69) is 6.07 Å². The zero-order valence-corrected chi connectivity index (χ0v) is 12.2. The summed E-state index contributed by atoms with van der Waals surface area (Å²) in [5.41, 5.74) is 1.24. The van der Waals surface area contributed by atoms with E-state index in [-0.39, 0.29) is 11.4 Å². The molecule has 0 atom stereocenters. The Morgan fingerprint density at radius 2 is 2.21 bits per heavy atom. The van der Waals surface area contributed by atoms with Crippen LogP contribution in [0.5, 0.6) is 0 Å². The van der Waals surface area contributed by atoms with Gasteiger partial charge < -0.3 is 9.30 Å². The molecule has 0 aliphatic rings. The van der Waals surface area contributed by atoms with E-state index >= 15 is 0 Å². The summed E-state index contributed by atoms with van der Waals surface area (Å²) in [5, 5.41) is 8.98. The van der Waals surface area contributed by atoms with Crippen LogP contribution in [0.25, 0.3) is 0 Å². The molecule has 0 radical (unpaired) electrons. The third kappa shape index (κ3) is 4.13. The summed E-state index contributed by atoms with van der Waals surface area (Å²) in [6.07, 6.45) is 3.57. The molecular formula is C15H22N2O2. The topological polar surface area (TPSA) is 55.0 Å². The minimum Gasteiger partial charge on any atom is -0.461 e. The number of carbonyl (C=O) groups is 1. The van der Waals surface area contributed by atoms with Gasteiger partial charge in [-0.25, -0.2) is 4.79 Å². The number of esters is 1. The van der Waals surface area contributed by atoms with Crippen molar-refractivity contribution in [2.75, 3.05) is 6.61 Å². The fourth-order valence-electron chi connectivity index (χ4n) is 1.99. The van der Waals surface area contributed by atoms with Gasteiger partial charge in [0.15, 0.2) is 0 Å². The summed E-state index contributed by atoms with van der Waals surface area (Å²) in [6.45, 7) is 8.68. The number of carbonyl (C=O) groups excluding carboxylic acids is 1. The largest absolute Gasteiger partial charge is 0.461 e. The molecule has 0 fully saturated rings. The number of hydrogen-bond acceptors (Lipinski definition) is 3. The van der Waals surface area contributed by atoms with Crippen LogP contribution < -0.4 is 0 Å². The predicted octanol–water partition coefficient (Wildman–Crippen LogP) is 3.30. The second-order valence-corrected chi connectivity index (χ2v) is 5.36. The molecule has 0 N–H and O–H groups in total. The van der Waals surface area contributed by atoms with Crippen LogP contribution >= 0.6 is 0 Å². The predicted molar refractivity (Wildman–Crippen MR) is 73.8 cm³/mol. The van der Waals surface area contributed by atoms with E-state index in [9.17, 15) is 4.79 Å². The molecule has 0 unspecified atom stereocenters. The Balaban J connectivity index is 2.70. The Morgan fingerprint density at radius 3 is 2.79 bits per heavy atom. The van der Waals surface area contributed by atoms with Gasteiger partial charge in [0.05, 0.1) is 18.1 Å². The van der Waals surface area contributed by atoms with Crippen molar-refractivity contribution in [2.45, 2.75) is 47.1 Å². The van der Waals surface area contributed by atoms with Crippen LogP contribution in [0.15, 0.2) is 12.3 Å². The average Bonchev–Trinajstić information content (AvgIpc) is 2.71. The molecule has 104 valence electrons. The Bertz CT molecular complexity index is 481. The van der Waals surface area contributed by atoms with Gasteiger partial charge in [-0.2, -0.15) is 5.26 Å². The first-order chi connectivity index (χ1) is 8.91. The van der Waals surface area contributed by atoms with Gasteiger partial charge in [0.2, 0.25) is 0 Å². The fraction of sp³-hybridized carbons (Fsp3) is 0.600. The van der Waals surface area contributed by atoms with E-state index in [1.165, 1.54) is 0 Å². The second-order valence-electron chi connectivity index (χ2n) is 5.36. The number of nitrogens with zero attached hydrogens (tertiary/aromatic N) is 2. The number of hydrogen-bond donors (Lipinski definition) is 0. The van der Waals surface area contributed by atoms with Crippen molar-refractivity contribution in [3.63, 3.8) is 0 Å². The average molecular weight is 262 g/mol. The molecule has 1 aromatic heterocycles. The molecule has 1 rings (SSSR count). The monoisotopic (exact) mass is 262 g/mol. The minimum atomic E-state index is -0.313. The van der Waals surface area contributed by atoms with Crippen molar-refractivity contribution >= 4 is 5.97 Å². The number of ether oxygens (including phenoxy) is 1. The smallest absolute Gasteiger partial charge is 0.355 e. The maximum Gasteiger partial charge on any atom is 0.355 e. The molecule has 0 spiro atoms. The molecule has 0 aliphatic heterocycles. The van der Waals surface area contributed by atoms with E-state index < -0.39 is 0 Å². The second kappa shape index (κ2) is 6.42. The van der Waals surface area contributed by atoms with Gasteiger partial charge >= 0.3 is 5.97 Å². The summed E-state index contributed by atoms with van der Waals surface area (Å²) in [4.78, 5) is 11.9. The van der Waals surface area contributed by atoms with Gasteiger partial charge in [0.25, 0.3) is 0 Å². The quantitative estimate of drug-likeness (QED) is 0.739. The van der Waals surface area contributed by atoms with Gasteiger partial charge in [-0.1, -0.05) is 0 Å². The van der Waals surface area contributed by atoms with Crippen LogP contribution in [0.1, 0.15) is 49.7 Å². The summed E-state index contributed by atoms with van der Waals surface area (Å²) in [5.74, 6) is -0.274. The third-order valence-electron chi connectivity index (χ3n) is 3.14. The SMILES string of the molecule is CCOC(=O)c1c(C)ccn1CCCC(C)(C)C#N. The molecule has 0 amide bonds. The van der Waals surface area contributed by atoms with Crippen LogP contribution in [-0.2, 0) is 11.3 Å². The highest BCUT2D eigenvalue weighted by Crippen LogP contribution is 2.22. The Morgan fingerprint density at radius 1 is 1.53 bits per heavy atom. The minimum absolute atomic E-state index is 0.274. The Kier molecular flexibility index (Phi) is 5.17. The van der Waals surface area contributed by atoms with E-state index in [1.54, 1.807) is 6.92 Å². The normalized spacial score (nSPS) is 11.1. The van der Waals surface area contributed by atoms with Crippen molar-refractivity contribution in [1.82, 2.24) is 4.57 Å². The molecule has 0 saturated heterocycles. The van der Waals surface area contributed by atoms with Crippen molar-refractivity contribution < 1.29 is 9.53 Å². The zero-order valence-electron chi connectivity index (χ0n) is 12.2. The number of nitriles is 1. The lowest BCUT2D eigenvalue weighted by molar-refractivity contribution is 0.0512. The first-order valence-corrected chi connectivity index (χ1v) is 6.65. The van der Waals surface area contributed by atoms with Crippen molar-refractivity contribution in [1.29, 1.82) is 5.26 Å². The first kappa shape index (κ1) is 15.3. The first-order valence-electron chi connectivity index (χ1n) is 6.65. The van der Waals surface area contributed by atoms with Crippen LogP contribution in [0.3, 0.4) is 0 Å². The fourth-order valence-corrected chi connectivity index (χ4v) is 1.99. The molecule has 0 aromatic carbocycles. The molecule has 1 aromatic rings. The van der Waals surface area contributed by atoms with Crippen LogP contribution in [0, 0.1) is 23.7 Å². The number of aryl methyl sites for hydroxylation is 2. The molecule has 4 nitrogen and oxygen atoms in total. The van der Waals surface area contributed by atoms with Crippen molar-refractivity contribution in [3.05, 3.63) is 23.5 Å². The van der Waals surface area contributed by atoms with Crippen LogP contribution in [0.4, 0.5) is 0 Å². The van der Waals surface area contributed by atoms with E-state index in [0.717, 1.165) is 24.9 Å². The Labute approximate surface area is 115 Å². The number of rotatable bonds is 6. The Hall–Kier alpha value is -1.76. The van der Waals surface area contributed by atoms with Crippen molar-refractivity contribution in [2.24, 2.45) is 5.41 Å². The highest BCUT2D eigenvalue weighted by molar-refractivity contribution is 5.89. The van der Waals surface area contributed by atoms with Gasteiger partial charge in [-0.15, -0.1) is 0 Å². The maximum absolute atomic E-state index is 11.9. The molecule has 1 heterocycles. The molecule has 4 heteroatoms. The molecular weight excluding hydrogens is 240 g/mol. The summed E-state index contributed by atoms with van der Waals surface area (Å²) >= 11 is 0. The van der Waals surface area contributed by atoms with Crippen LogP contribution in [0.2, 0.25) is 0 Å². The van der Waals surface area contributed by atoms with Gasteiger partial charge in [0.1, 0.15) is 5.69 Å². The lowest BCUT2D eigenvalue weighted by Gasteiger charge is -2.15. The standard InChI is InChI=1S/C15H22N2O2/c1-5-19-14(18)13-12(2)7-10-17(13)9-6-8-15(3,4)11-16/h7,10H,5-6,8-9H2,1-4H3. The van der Waals surface area contributed by atoms with E-state index in [0.29, 0.717) is 12.3 Å². The lowest BCUT2D eigenvalue weighted by atomic mass is 9.90. The van der Waals surface area contributed by atoms with Gasteiger partial charge in [0, 0.05) is 12.7 Å². The van der Waals surface area contributed by atoms with Gasteiger partial charge in [-0.05, 0) is 52.2 Å². The summed E-state index contributed by atoms with van der Waals surface area (Å²) < 4.78 is 6.98. The highest BCUT2D eigenvalue weighted by Gasteiger charge is 2.18. The lowest BCUT2D eigenvalue weighted by Crippen LogP contribution is -2.15. The molecule has 0 saturated carbocycles.